The molecule has 152 valence electrons. The third-order valence-corrected chi connectivity index (χ3v) is 3.68. The predicted octanol–water partition coefficient (Wildman–Crippen LogP) is 2.80. The molecule has 0 atom stereocenters. The number of carbonyl (C=O) groups excluding carboxylic acids is 1. The molecule has 0 saturated heterocycles. The Hall–Kier alpha value is -3.70. The first-order chi connectivity index (χ1) is 13.6. The number of primary amides is 1. The number of nitrogens with zero attached hydrogens (tertiary/aromatic N) is 2. The lowest BCUT2D eigenvalue weighted by Gasteiger charge is -2.08. The monoisotopic (exact) mass is 415 g/mol. The Morgan fingerprint density at radius 1 is 1.14 bits per heavy atom. The second-order valence-corrected chi connectivity index (χ2v) is 5.61. The molecule has 0 fully saturated rings. The van der Waals surface area contributed by atoms with Crippen molar-refractivity contribution >= 4 is 5.91 Å². The SMILES string of the molecule is NC(=O)c1c(F)ccc(OCc2nn(-c3ccc(C(F)(F)F)cc3)c(=O)o2)c1F. The van der Waals surface area contributed by atoms with Crippen LogP contribution in [-0.4, -0.2) is 15.7 Å². The fourth-order valence-electron chi connectivity index (χ4n) is 2.34. The molecule has 0 aliphatic carbocycles. The van der Waals surface area contributed by atoms with Crippen molar-refractivity contribution in [3.8, 4) is 11.4 Å². The highest BCUT2D eigenvalue weighted by Crippen LogP contribution is 2.29. The van der Waals surface area contributed by atoms with E-state index in [2.05, 4.69) is 5.10 Å². The van der Waals surface area contributed by atoms with Crippen LogP contribution in [-0.2, 0) is 12.8 Å². The molecule has 29 heavy (non-hydrogen) atoms. The number of alkyl halides is 3. The van der Waals surface area contributed by atoms with Gasteiger partial charge >= 0.3 is 11.9 Å². The van der Waals surface area contributed by atoms with Gasteiger partial charge in [-0.3, -0.25) is 4.79 Å². The van der Waals surface area contributed by atoms with Crippen LogP contribution in [0.4, 0.5) is 22.0 Å². The maximum atomic E-state index is 14.1. The van der Waals surface area contributed by atoms with Gasteiger partial charge in [-0.05, 0) is 36.4 Å². The van der Waals surface area contributed by atoms with Gasteiger partial charge < -0.3 is 14.9 Å². The molecule has 2 aromatic carbocycles. The van der Waals surface area contributed by atoms with Gasteiger partial charge in [0.2, 0.25) is 0 Å². The number of hydrogen-bond donors (Lipinski definition) is 1. The topological polar surface area (TPSA) is 100 Å². The summed E-state index contributed by atoms with van der Waals surface area (Å²) in [5.41, 5.74) is 2.97. The number of halogens is 5. The minimum Gasteiger partial charge on any atom is -0.481 e. The fourth-order valence-corrected chi connectivity index (χ4v) is 2.34. The number of hydrogen-bond acceptors (Lipinski definition) is 5. The van der Waals surface area contributed by atoms with E-state index in [0.29, 0.717) is 4.68 Å². The van der Waals surface area contributed by atoms with Crippen LogP contribution in [0.2, 0.25) is 0 Å². The molecule has 0 spiro atoms. The number of nitrogens with two attached hydrogens (primary N) is 1. The normalized spacial score (nSPS) is 11.5. The molecule has 0 unspecified atom stereocenters. The Bertz CT molecular complexity index is 1120. The van der Waals surface area contributed by atoms with Crippen LogP contribution in [0.3, 0.4) is 0 Å². The lowest BCUT2D eigenvalue weighted by molar-refractivity contribution is -0.137. The van der Waals surface area contributed by atoms with Crippen LogP contribution in [0.1, 0.15) is 21.8 Å². The average Bonchev–Trinajstić information content (AvgIpc) is 3.01. The molecule has 1 heterocycles. The highest BCUT2D eigenvalue weighted by Gasteiger charge is 2.30. The quantitative estimate of drug-likeness (QED) is 0.646. The molecule has 3 rings (SSSR count). The number of carbonyl (C=O) groups is 1. The van der Waals surface area contributed by atoms with Crippen LogP contribution in [0.15, 0.2) is 45.6 Å². The van der Waals surface area contributed by atoms with Crippen molar-refractivity contribution in [3.63, 3.8) is 0 Å². The maximum Gasteiger partial charge on any atom is 0.442 e. The lowest BCUT2D eigenvalue weighted by atomic mass is 10.1. The standard InChI is InChI=1S/C17H10F5N3O4/c18-10-5-6-11(14(19)13(10)15(23)26)28-7-12-24-25(16(27)29-12)9-3-1-8(2-4-9)17(20,21)22/h1-6H,7H2,(H2,23,26). The largest absolute Gasteiger partial charge is 0.481 e. The number of aromatic nitrogens is 2. The highest BCUT2D eigenvalue weighted by molar-refractivity contribution is 5.93. The molecule has 0 aliphatic rings. The summed E-state index contributed by atoms with van der Waals surface area (Å²) in [7, 11) is 0. The molecule has 12 heteroatoms. The van der Waals surface area contributed by atoms with Gasteiger partial charge in [-0.1, -0.05) is 0 Å². The van der Waals surface area contributed by atoms with Gasteiger partial charge in [0, 0.05) is 0 Å². The summed E-state index contributed by atoms with van der Waals surface area (Å²) >= 11 is 0. The van der Waals surface area contributed by atoms with Crippen LogP contribution < -0.4 is 16.2 Å². The summed E-state index contributed by atoms with van der Waals surface area (Å²) in [6.45, 7) is -0.594. The lowest BCUT2D eigenvalue weighted by Crippen LogP contribution is -2.16. The summed E-state index contributed by atoms with van der Waals surface area (Å²) in [5.74, 6) is -5.79. The van der Waals surface area contributed by atoms with Crippen LogP contribution in [0.5, 0.6) is 5.75 Å². The second kappa shape index (κ2) is 7.37. The molecule has 2 N–H and O–H groups in total. The molecule has 1 aromatic heterocycles. The molecule has 0 bridgehead atoms. The summed E-state index contributed by atoms with van der Waals surface area (Å²) < 4.78 is 75.8. The zero-order chi connectivity index (χ0) is 21.3. The van der Waals surface area contributed by atoms with E-state index >= 15 is 0 Å². The van der Waals surface area contributed by atoms with E-state index in [4.69, 9.17) is 14.9 Å². The Balaban J connectivity index is 1.81. The zero-order valence-electron chi connectivity index (χ0n) is 14.2. The van der Waals surface area contributed by atoms with E-state index in [1.165, 1.54) is 0 Å². The fraction of sp³-hybridized carbons (Fsp3) is 0.118. The number of rotatable bonds is 5. The molecule has 0 saturated carbocycles. The van der Waals surface area contributed by atoms with Gasteiger partial charge in [0.05, 0.1) is 11.3 Å². The third kappa shape index (κ3) is 4.10. The first kappa shape index (κ1) is 20.0. The summed E-state index contributed by atoms with van der Waals surface area (Å²) in [6.07, 6.45) is -4.55. The molecule has 0 radical (unpaired) electrons. The number of ether oxygens (including phenoxy) is 1. The van der Waals surface area contributed by atoms with Gasteiger partial charge in [0.25, 0.3) is 11.8 Å². The zero-order valence-corrected chi connectivity index (χ0v) is 14.2. The van der Waals surface area contributed by atoms with Gasteiger partial charge in [-0.2, -0.15) is 17.9 Å². The number of benzene rings is 2. The Morgan fingerprint density at radius 2 is 1.79 bits per heavy atom. The minimum atomic E-state index is -4.55. The minimum absolute atomic E-state index is 0.0121. The maximum absolute atomic E-state index is 14.1. The summed E-state index contributed by atoms with van der Waals surface area (Å²) in [5, 5.41) is 3.73. The van der Waals surface area contributed by atoms with Crippen molar-refractivity contribution in [2.45, 2.75) is 12.8 Å². The van der Waals surface area contributed by atoms with E-state index in [1.54, 1.807) is 0 Å². The summed E-state index contributed by atoms with van der Waals surface area (Å²) in [6, 6.07) is 5.18. The van der Waals surface area contributed by atoms with Gasteiger partial charge in [-0.15, -0.1) is 5.10 Å². The molecule has 7 nitrogen and oxygen atoms in total. The van der Waals surface area contributed by atoms with Crippen molar-refractivity contribution in [3.05, 3.63) is 75.6 Å². The van der Waals surface area contributed by atoms with Gasteiger partial charge in [0.15, 0.2) is 18.2 Å². The number of amides is 1. The van der Waals surface area contributed by atoms with Crippen LogP contribution in [0, 0.1) is 11.6 Å². The molecule has 0 aliphatic heterocycles. The van der Waals surface area contributed by atoms with E-state index in [-0.39, 0.29) is 11.6 Å². The third-order valence-electron chi connectivity index (χ3n) is 3.68. The van der Waals surface area contributed by atoms with Crippen molar-refractivity contribution in [1.82, 2.24) is 9.78 Å². The molecule has 1 amide bonds. The molecule has 3 aromatic rings. The second-order valence-electron chi connectivity index (χ2n) is 5.61. The molecular formula is C17H10F5N3O4. The first-order valence-corrected chi connectivity index (χ1v) is 7.75. The Kier molecular flexibility index (Phi) is 5.10. The van der Waals surface area contributed by atoms with Crippen LogP contribution >= 0.6 is 0 Å². The van der Waals surface area contributed by atoms with E-state index in [1.807, 2.05) is 0 Å². The van der Waals surface area contributed by atoms with Crippen molar-refractivity contribution in [2.75, 3.05) is 0 Å². The Labute approximate surface area is 158 Å². The predicted molar refractivity (Wildman–Crippen MR) is 86.3 cm³/mol. The Morgan fingerprint density at radius 3 is 2.38 bits per heavy atom. The van der Waals surface area contributed by atoms with Crippen molar-refractivity contribution < 1.29 is 35.9 Å². The van der Waals surface area contributed by atoms with E-state index in [0.717, 1.165) is 36.4 Å². The van der Waals surface area contributed by atoms with Crippen LogP contribution in [0.25, 0.3) is 5.69 Å². The smallest absolute Gasteiger partial charge is 0.442 e. The van der Waals surface area contributed by atoms with Gasteiger partial charge in [-0.25, -0.2) is 13.6 Å². The average molecular weight is 415 g/mol. The summed E-state index contributed by atoms with van der Waals surface area (Å²) in [4.78, 5) is 23.0. The van der Waals surface area contributed by atoms with Crippen molar-refractivity contribution in [1.29, 1.82) is 0 Å². The van der Waals surface area contributed by atoms with Crippen molar-refractivity contribution in [2.24, 2.45) is 5.73 Å². The highest BCUT2D eigenvalue weighted by atomic mass is 19.4. The van der Waals surface area contributed by atoms with Gasteiger partial charge in [0.1, 0.15) is 11.4 Å². The first-order valence-electron chi connectivity index (χ1n) is 7.75. The molecular weight excluding hydrogens is 405 g/mol. The van der Waals surface area contributed by atoms with E-state index in [9.17, 15) is 31.5 Å². The van der Waals surface area contributed by atoms with E-state index < -0.39 is 53.0 Å².